The highest BCUT2D eigenvalue weighted by atomic mass is 31.2. The topological polar surface area (TPSA) is 0 Å². The third-order valence-corrected chi connectivity index (χ3v) is 18.8. The van der Waals surface area contributed by atoms with Crippen molar-refractivity contribution in [3.63, 3.8) is 0 Å². The summed E-state index contributed by atoms with van der Waals surface area (Å²) in [5.74, 6) is 2.85. The van der Waals surface area contributed by atoms with Crippen molar-refractivity contribution in [2.24, 2.45) is 0 Å². The van der Waals surface area contributed by atoms with Gasteiger partial charge in [-0.3, -0.25) is 0 Å². The first-order valence-corrected chi connectivity index (χ1v) is 21.9. The average molecular weight is 691 g/mol. The van der Waals surface area contributed by atoms with E-state index in [1.54, 1.807) is 5.31 Å². The molecule has 0 amide bonds. The lowest BCUT2D eigenvalue weighted by molar-refractivity contribution is 0.672. The lowest BCUT2D eigenvalue weighted by atomic mass is 10.1. The molecule has 6 aromatic carbocycles. The standard InChI is InChI=1S/C48H52P2/c1-6-7-8-11-20-48(50(45-18-14-10-15-19-45,46-33-25-40(4)26-34-46)47-35-27-41(5)28-36-47)37-49(42-16-12-9-13-17-42,43-29-21-38(2)22-30-43)44-31-23-39(3)24-32-44/h9-10,12-19,21-37H,6-8,11,20H2,1-5H3/q+2/b48-37+. The highest BCUT2D eigenvalue weighted by Crippen LogP contribution is 2.69. The van der Waals surface area contributed by atoms with E-state index >= 15 is 0 Å². The van der Waals surface area contributed by atoms with Gasteiger partial charge in [0.25, 0.3) is 0 Å². The number of rotatable bonds is 13. The third kappa shape index (κ3) is 7.35. The van der Waals surface area contributed by atoms with Crippen LogP contribution in [-0.2, 0) is 0 Å². The molecule has 50 heavy (non-hydrogen) atoms. The Labute approximate surface area is 303 Å². The quantitative estimate of drug-likeness (QED) is 0.0836. The zero-order chi connectivity index (χ0) is 35.0. The fourth-order valence-electron chi connectivity index (χ4n) is 7.30. The van der Waals surface area contributed by atoms with Crippen molar-refractivity contribution < 1.29 is 0 Å². The Morgan fingerprint density at radius 1 is 0.400 bits per heavy atom. The number of unbranched alkanes of at least 4 members (excludes halogenated alkanes) is 3. The molecule has 0 aliphatic heterocycles. The largest absolute Gasteiger partial charge is 0.143 e. The van der Waals surface area contributed by atoms with Gasteiger partial charge in [-0.2, -0.15) is 0 Å². The molecule has 6 rings (SSSR count). The normalized spacial score (nSPS) is 12.2. The van der Waals surface area contributed by atoms with Crippen molar-refractivity contribution in [2.45, 2.75) is 66.7 Å². The number of aryl methyl sites for hydroxylation is 4. The molecule has 252 valence electrons. The van der Waals surface area contributed by atoms with Crippen LogP contribution in [0.15, 0.2) is 169 Å². The molecule has 6 aromatic rings. The van der Waals surface area contributed by atoms with Gasteiger partial charge in [0, 0.05) is 6.42 Å². The summed E-state index contributed by atoms with van der Waals surface area (Å²) >= 11 is 0. The molecule has 0 heterocycles. The second-order valence-electron chi connectivity index (χ2n) is 13.8. The highest BCUT2D eigenvalue weighted by molar-refractivity contribution is 8.01. The zero-order valence-corrected chi connectivity index (χ0v) is 32.3. The van der Waals surface area contributed by atoms with Crippen molar-refractivity contribution in [1.29, 1.82) is 0 Å². The van der Waals surface area contributed by atoms with Crippen molar-refractivity contribution in [1.82, 2.24) is 0 Å². The molecule has 0 aromatic heterocycles. The summed E-state index contributed by atoms with van der Waals surface area (Å²) < 4.78 is 0. The molecular formula is C48H52P2+2. The maximum absolute atomic E-state index is 2.85. The highest BCUT2D eigenvalue weighted by Gasteiger charge is 2.54. The number of benzene rings is 6. The Hall–Kier alpha value is -4.08. The van der Waals surface area contributed by atoms with Crippen LogP contribution in [0.1, 0.15) is 61.3 Å². The summed E-state index contributed by atoms with van der Waals surface area (Å²) in [4.78, 5) is 0. The van der Waals surface area contributed by atoms with Gasteiger partial charge in [-0.1, -0.05) is 133 Å². The first-order chi connectivity index (χ1) is 24.4. The minimum absolute atomic E-state index is 1.05. The van der Waals surface area contributed by atoms with Gasteiger partial charge in [-0.05, 0) is 107 Å². The molecule has 0 aliphatic carbocycles. The van der Waals surface area contributed by atoms with Crippen LogP contribution in [0.4, 0.5) is 0 Å². The van der Waals surface area contributed by atoms with Gasteiger partial charge >= 0.3 is 0 Å². The van der Waals surface area contributed by atoms with Crippen molar-refractivity contribution in [3.05, 3.63) is 191 Å². The first-order valence-electron chi connectivity index (χ1n) is 18.3. The molecule has 0 saturated carbocycles. The SMILES string of the molecule is CCCCCC/C(=C\[P+](c1ccccc1)(c1ccc(C)cc1)c1ccc(C)cc1)[P+](c1ccccc1)(c1ccc(C)cc1)c1ccc(C)cc1. The van der Waals surface area contributed by atoms with Gasteiger partial charge < -0.3 is 0 Å². The lowest BCUT2D eigenvalue weighted by Crippen LogP contribution is -2.34. The third-order valence-electron chi connectivity index (χ3n) is 10.1. The van der Waals surface area contributed by atoms with Crippen molar-refractivity contribution in [3.8, 4) is 0 Å². The minimum atomic E-state index is -2.34. The molecule has 0 saturated heterocycles. The summed E-state index contributed by atoms with van der Waals surface area (Å²) in [6.07, 6.45) is 5.94. The van der Waals surface area contributed by atoms with E-state index in [0.29, 0.717) is 0 Å². The molecule has 0 bridgehead atoms. The van der Waals surface area contributed by atoms with Crippen LogP contribution in [0.5, 0.6) is 0 Å². The fraction of sp³-hybridized carbons (Fsp3) is 0.208. The van der Waals surface area contributed by atoms with E-state index in [-0.39, 0.29) is 0 Å². The van der Waals surface area contributed by atoms with Gasteiger partial charge in [0.1, 0.15) is 57.5 Å². The van der Waals surface area contributed by atoms with Gasteiger partial charge in [0.2, 0.25) is 0 Å². The summed E-state index contributed by atoms with van der Waals surface area (Å²) in [5, 5.41) is 10.1. The Bertz CT molecular complexity index is 1880. The Kier molecular flexibility index (Phi) is 11.6. The molecule has 0 nitrogen and oxygen atoms in total. The van der Waals surface area contributed by atoms with Gasteiger partial charge in [-0.25, -0.2) is 0 Å². The van der Waals surface area contributed by atoms with Crippen LogP contribution in [0.3, 0.4) is 0 Å². The lowest BCUT2D eigenvalue weighted by Gasteiger charge is -2.32. The number of hydrogen-bond acceptors (Lipinski definition) is 0. The van der Waals surface area contributed by atoms with Crippen LogP contribution in [0.25, 0.3) is 0 Å². The van der Waals surface area contributed by atoms with E-state index in [1.165, 1.54) is 79.8 Å². The van der Waals surface area contributed by atoms with E-state index < -0.39 is 14.5 Å². The van der Waals surface area contributed by atoms with Crippen molar-refractivity contribution >= 4 is 46.4 Å². The summed E-state index contributed by atoms with van der Waals surface area (Å²) in [5.41, 5.74) is 5.17. The molecule has 0 atom stereocenters. The average Bonchev–Trinajstić information content (AvgIpc) is 3.15. The molecule has 0 spiro atoms. The predicted molar refractivity (Wildman–Crippen MR) is 226 cm³/mol. The number of allylic oxidation sites excluding steroid dienone is 1. The molecule has 0 radical (unpaired) electrons. The van der Waals surface area contributed by atoms with Gasteiger partial charge in [-0.15, -0.1) is 0 Å². The van der Waals surface area contributed by atoms with E-state index in [1.807, 2.05) is 0 Å². The van der Waals surface area contributed by atoms with Crippen LogP contribution in [0, 0.1) is 27.7 Å². The van der Waals surface area contributed by atoms with Crippen LogP contribution in [-0.4, -0.2) is 0 Å². The van der Waals surface area contributed by atoms with Crippen LogP contribution < -0.4 is 31.8 Å². The Morgan fingerprint density at radius 2 is 0.740 bits per heavy atom. The fourth-order valence-corrected chi connectivity index (χ4v) is 16.5. The van der Waals surface area contributed by atoms with E-state index in [4.69, 9.17) is 0 Å². The Morgan fingerprint density at radius 3 is 1.14 bits per heavy atom. The van der Waals surface area contributed by atoms with Crippen LogP contribution >= 0.6 is 14.5 Å². The van der Waals surface area contributed by atoms with Crippen molar-refractivity contribution in [2.75, 3.05) is 0 Å². The first kappa shape index (κ1) is 35.7. The van der Waals surface area contributed by atoms with E-state index in [2.05, 4.69) is 198 Å². The van der Waals surface area contributed by atoms with E-state index in [0.717, 1.165) is 6.42 Å². The van der Waals surface area contributed by atoms with Crippen LogP contribution in [0.2, 0.25) is 0 Å². The van der Waals surface area contributed by atoms with Gasteiger partial charge in [0.15, 0.2) is 0 Å². The minimum Gasteiger partial charge on any atom is -0.0654 e. The molecule has 0 unspecified atom stereocenters. The molecule has 0 aliphatic rings. The zero-order valence-electron chi connectivity index (χ0n) is 30.5. The molecule has 0 N–H and O–H groups in total. The predicted octanol–water partition coefficient (Wildman–Crippen LogP) is 11.0. The van der Waals surface area contributed by atoms with E-state index in [9.17, 15) is 0 Å². The second kappa shape index (κ2) is 16.3. The molecule has 2 heteroatoms. The monoisotopic (exact) mass is 690 g/mol. The summed E-state index contributed by atoms with van der Waals surface area (Å²) in [6, 6.07) is 60.9. The summed E-state index contributed by atoms with van der Waals surface area (Å²) in [6.45, 7) is 11.1. The maximum atomic E-state index is 2.85. The molecule has 0 fully saturated rings. The maximum Gasteiger partial charge on any atom is 0.143 e. The Balaban J connectivity index is 1.81. The summed E-state index contributed by atoms with van der Waals surface area (Å²) in [7, 11) is -4.66. The second-order valence-corrected chi connectivity index (χ2v) is 20.6. The van der Waals surface area contributed by atoms with Gasteiger partial charge in [0.05, 0.1) is 0 Å². The number of hydrogen-bond donors (Lipinski definition) is 0. The molecular weight excluding hydrogens is 638 g/mol. The smallest absolute Gasteiger partial charge is 0.0654 e.